The average molecular weight is 263 g/mol. The predicted molar refractivity (Wildman–Crippen MR) is 69.7 cm³/mol. The van der Waals surface area contributed by atoms with E-state index >= 15 is 0 Å². The first-order valence-corrected chi connectivity index (χ1v) is 6.57. The van der Waals surface area contributed by atoms with Gasteiger partial charge in [-0.15, -0.1) is 11.3 Å². The first-order valence-electron chi connectivity index (χ1n) is 5.69. The number of rotatable bonds is 3. The summed E-state index contributed by atoms with van der Waals surface area (Å²) in [5.41, 5.74) is 7.38. The third kappa shape index (κ3) is 2.08. The second-order valence-corrected chi connectivity index (χ2v) is 5.27. The fourth-order valence-electron chi connectivity index (χ4n) is 1.75. The number of nitrogens with two attached hydrogens (primary N) is 1. The summed E-state index contributed by atoms with van der Waals surface area (Å²) in [5, 5.41) is 9.34. The molecule has 0 spiro atoms. The van der Waals surface area contributed by atoms with E-state index in [1.165, 1.54) is 28.9 Å². The number of nitrogen functional groups attached to an aromatic ring is 1. The maximum atomic E-state index is 11.9. The van der Waals surface area contributed by atoms with Gasteiger partial charge in [-0.1, -0.05) is 0 Å². The molecule has 0 aliphatic heterocycles. The molecule has 0 saturated heterocycles. The van der Waals surface area contributed by atoms with Gasteiger partial charge >= 0.3 is 0 Å². The van der Waals surface area contributed by atoms with Crippen LogP contribution in [0.5, 0.6) is 0 Å². The van der Waals surface area contributed by atoms with Crippen molar-refractivity contribution in [3.63, 3.8) is 0 Å². The number of carbonyl (C=O) groups is 1. The number of nitrogens with one attached hydrogen (secondary N) is 1. The van der Waals surface area contributed by atoms with Crippen molar-refractivity contribution in [2.75, 3.05) is 11.1 Å². The monoisotopic (exact) mass is 263 g/mol. The third-order valence-corrected chi connectivity index (χ3v) is 3.59. The van der Waals surface area contributed by atoms with Gasteiger partial charge in [0.2, 0.25) is 0 Å². The zero-order valence-corrected chi connectivity index (χ0v) is 10.7. The summed E-state index contributed by atoms with van der Waals surface area (Å²) in [6, 6.07) is 0. The van der Waals surface area contributed by atoms with Crippen LogP contribution in [0, 0.1) is 0 Å². The summed E-state index contributed by atoms with van der Waals surface area (Å²) < 4.78 is 1.52. The molecule has 1 aliphatic carbocycles. The van der Waals surface area contributed by atoms with Crippen LogP contribution in [0.3, 0.4) is 0 Å². The lowest BCUT2D eigenvalue weighted by Crippen LogP contribution is -2.14. The van der Waals surface area contributed by atoms with Crippen LogP contribution in [0.1, 0.15) is 34.9 Å². The van der Waals surface area contributed by atoms with Crippen LogP contribution in [0.2, 0.25) is 0 Å². The molecule has 0 bridgehead atoms. The van der Waals surface area contributed by atoms with Crippen LogP contribution in [0.4, 0.5) is 10.8 Å². The number of carbonyl (C=O) groups excluding carboxylic acids is 1. The topological polar surface area (TPSA) is 85.8 Å². The summed E-state index contributed by atoms with van der Waals surface area (Å²) in [6.07, 6.45) is 4.00. The number of thiazole rings is 1. The van der Waals surface area contributed by atoms with E-state index in [2.05, 4.69) is 15.4 Å². The minimum absolute atomic E-state index is 0.237. The van der Waals surface area contributed by atoms with Gasteiger partial charge in [0.25, 0.3) is 5.91 Å². The van der Waals surface area contributed by atoms with Crippen LogP contribution < -0.4 is 11.1 Å². The Bertz CT molecular complexity index is 598. The van der Waals surface area contributed by atoms with E-state index in [0.717, 1.165) is 5.69 Å². The van der Waals surface area contributed by atoms with Crippen LogP contribution in [0.15, 0.2) is 11.6 Å². The second-order valence-electron chi connectivity index (χ2n) is 4.41. The molecule has 1 saturated carbocycles. The lowest BCUT2D eigenvalue weighted by atomic mass is 10.3. The highest BCUT2D eigenvalue weighted by Crippen LogP contribution is 2.40. The van der Waals surface area contributed by atoms with Crippen LogP contribution in [-0.2, 0) is 7.05 Å². The highest BCUT2D eigenvalue weighted by molar-refractivity contribution is 7.14. The van der Waals surface area contributed by atoms with Gasteiger partial charge in [-0.2, -0.15) is 5.10 Å². The van der Waals surface area contributed by atoms with Crippen molar-refractivity contribution in [2.45, 2.75) is 18.8 Å². The van der Waals surface area contributed by atoms with E-state index in [4.69, 9.17) is 5.73 Å². The molecule has 0 radical (unpaired) electrons. The van der Waals surface area contributed by atoms with Crippen molar-refractivity contribution < 1.29 is 4.79 Å². The van der Waals surface area contributed by atoms with Crippen molar-refractivity contribution in [3.8, 4) is 0 Å². The smallest absolute Gasteiger partial charge is 0.280 e. The SMILES string of the molecule is Cn1cc(N)c(C(=O)Nc2nc(C3CC3)cs2)n1. The number of hydrogen-bond donors (Lipinski definition) is 2. The van der Waals surface area contributed by atoms with Gasteiger partial charge in [0.15, 0.2) is 10.8 Å². The van der Waals surface area contributed by atoms with E-state index < -0.39 is 0 Å². The fourth-order valence-corrected chi connectivity index (χ4v) is 2.54. The van der Waals surface area contributed by atoms with Gasteiger partial charge in [-0.05, 0) is 12.8 Å². The number of amides is 1. The normalized spacial score (nSPS) is 14.7. The highest BCUT2D eigenvalue weighted by atomic mass is 32.1. The van der Waals surface area contributed by atoms with E-state index in [0.29, 0.717) is 16.7 Å². The largest absolute Gasteiger partial charge is 0.396 e. The maximum absolute atomic E-state index is 11.9. The van der Waals surface area contributed by atoms with Crippen molar-refractivity contribution in [3.05, 3.63) is 23.0 Å². The molecule has 0 unspecified atom stereocenters. The first-order chi connectivity index (χ1) is 8.63. The molecule has 1 aliphatic rings. The number of hydrogen-bond acceptors (Lipinski definition) is 5. The first kappa shape index (κ1) is 11.2. The molecule has 0 aromatic carbocycles. The Morgan fingerprint density at radius 2 is 2.39 bits per heavy atom. The Balaban J connectivity index is 1.74. The molecule has 2 aromatic heterocycles. The molecule has 2 aromatic rings. The Morgan fingerprint density at radius 1 is 1.61 bits per heavy atom. The Hall–Kier alpha value is -1.89. The van der Waals surface area contributed by atoms with Crippen molar-refractivity contribution in [1.82, 2.24) is 14.8 Å². The molecular weight excluding hydrogens is 250 g/mol. The number of nitrogens with zero attached hydrogens (tertiary/aromatic N) is 3. The van der Waals surface area contributed by atoms with Gasteiger partial charge in [0.05, 0.1) is 11.4 Å². The van der Waals surface area contributed by atoms with E-state index in [-0.39, 0.29) is 11.6 Å². The number of anilines is 2. The Kier molecular flexibility index (Phi) is 2.55. The zero-order valence-electron chi connectivity index (χ0n) is 9.88. The van der Waals surface area contributed by atoms with E-state index in [1.807, 2.05) is 5.38 Å². The van der Waals surface area contributed by atoms with Gasteiger partial charge in [-0.25, -0.2) is 4.98 Å². The van der Waals surface area contributed by atoms with E-state index in [1.54, 1.807) is 13.2 Å². The van der Waals surface area contributed by atoms with Gasteiger partial charge in [-0.3, -0.25) is 14.8 Å². The molecular formula is C11H13N5OS. The molecule has 7 heteroatoms. The molecule has 3 rings (SSSR count). The Labute approximate surface area is 108 Å². The predicted octanol–water partition coefficient (Wildman–Crippen LogP) is 1.59. The van der Waals surface area contributed by atoms with Gasteiger partial charge < -0.3 is 5.73 Å². The standard InChI is InChI=1S/C11H13N5OS/c1-16-4-7(12)9(15-16)10(17)14-11-13-8(5-18-11)6-2-3-6/h4-6H,2-3,12H2,1H3,(H,13,14,17). The summed E-state index contributed by atoms with van der Waals surface area (Å²) in [5.74, 6) is 0.275. The van der Waals surface area contributed by atoms with Crippen molar-refractivity contribution in [1.29, 1.82) is 0 Å². The molecule has 94 valence electrons. The molecule has 18 heavy (non-hydrogen) atoms. The van der Waals surface area contributed by atoms with Crippen molar-refractivity contribution in [2.24, 2.45) is 7.05 Å². The summed E-state index contributed by atoms with van der Waals surface area (Å²) in [7, 11) is 1.72. The number of aromatic nitrogens is 3. The average Bonchev–Trinajstić information content (AvgIpc) is 2.97. The summed E-state index contributed by atoms with van der Waals surface area (Å²) in [4.78, 5) is 16.3. The van der Waals surface area contributed by atoms with Crippen LogP contribution in [-0.4, -0.2) is 20.7 Å². The minimum atomic E-state index is -0.315. The Morgan fingerprint density at radius 3 is 3.00 bits per heavy atom. The lowest BCUT2D eigenvalue weighted by Gasteiger charge is -1.98. The second kappa shape index (κ2) is 4.09. The molecule has 1 amide bonds. The third-order valence-electron chi connectivity index (χ3n) is 2.81. The summed E-state index contributed by atoms with van der Waals surface area (Å²) >= 11 is 1.44. The van der Waals surface area contributed by atoms with Crippen molar-refractivity contribution >= 4 is 28.1 Å². The molecule has 2 heterocycles. The van der Waals surface area contributed by atoms with E-state index in [9.17, 15) is 4.79 Å². The molecule has 1 fully saturated rings. The molecule has 0 atom stereocenters. The van der Waals surface area contributed by atoms with Crippen LogP contribution >= 0.6 is 11.3 Å². The van der Waals surface area contributed by atoms with Crippen LogP contribution in [0.25, 0.3) is 0 Å². The van der Waals surface area contributed by atoms with Gasteiger partial charge in [0.1, 0.15) is 0 Å². The highest BCUT2D eigenvalue weighted by Gasteiger charge is 2.26. The van der Waals surface area contributed by atoms with Gasteiger partial charge in [0, 0.05) is 24.5 Å². The minimum Gasteiger partial charge on any atom is -0.396 e. The zero-order chi connectivity index (χ0) is 12.7. The summed E-state index contributed by atoms with van der Waals surface area (Å²) in [6.45, 7) is 0. The maximum Gasteiger partial charge on any atom is 0.280 e. The number of aryl methyl sites for hydroxylation is 1. The fraction of sp³-hybridized carbons (Fsp3) is 0.364. The lowest BCUT2D eigenvalue weighted by molar-refractivity contribution is 0.102. The molecule has 3 N–H and O–H groups in total. The molecule has 6 nitrogen and oxygen atoms in total. The quantitative estimate of drug-likeness (QED) is 0.880.